The Hall–Kier alpha value is -4.41. The molecule has 206 valence electrons. The van der Waals surface area contributed by atoms with E-state index in [-0.39, 0.29) is 24.5 Å². The first-order valence-electron chi connectivity index (χ1n) is 11.3. The molecule has 0 aliphatic carbocycles. The van der Waals surface area contributed by atoms with Crippen molar-refractivity contribution in [3.8, 4) is 0 Å². The summed E-state index contributed by atoms with van der Waals surface area (Å²) >= 11 is 0. The number of nitrogens with one attached hydrogen (secondary N) is 1. The zero-order valence-electron chi connectivity index (χ0n) is 21.2. The molecule has 5 atom stereocenters. The number of aromatic nitrogens is 6. The van der Waals surface area contributed by atoms with Crippen LogP contribution in [0.15, 0.2) is 12.4 Å². The lowest BCUT2D eigenvalue weighted by Crippen LogP contribution is -2.60. The fourth-order valence-corrected chi connectivity index (χ4v) is 3.65. The van der Waals surface area contributed by atoms with Crippen molar-refractivity contribution in [2.24, 2.45) is 7.05 Å². The van der Waals surface area contributed by atoms with E-state index in [1.54, 1.807) is 7.05 Å². The molecule has 17 heteroatoms. The third kappa shape index (κ3) is 7.31. The summed E-state index contributed by atoms with van der Waals surface area (Å²) in [4.78, 5) is 59.5. The van der Waals surface area contributed by atoms with Gasteiger partial charge in [-0.25, -0.2) is 4.68 Å². The number of carbonyl (C=O) groups excluding carboxylic acids is 5. The summed E-state index contributed by atoms with van der Waals surface area (Å²) in [6.07, 6.45) is -3.57. The number of nitrogens with zero attached hydrogens (tertiary/aromatic N) is 6. The topological polar surface area (TPSA) is 205 Å². The van der Waals surface area contributed by atoms with Crippen molar-refractivity contribution in [3.05, 3.63) is 23.8 Å². The van der Waals surface area contributed by atoms with Crippen LogP contribution in [0.25, 0.3) is 0 Å². The molecule has 1 aliphatic rings. The lowest BCUT2D eigenvalue weighted by molar-refractivity contribution is -0.270. The van der Waals surface area contributed by atoms with Gasteiger partial charge in [0.2, 0.25) is 0 Å². The number of amides is 1. The van der Waals surface area contributed by atoms with Gasteiger partial charge in [0.05, 0.1) is 18.9 Å². The smallest absolute Gasteiger partial charge is 0.303 e. The van der Waals surface area contributed by atoms with E-state index in [0.717, 1.165) is 20.8 Å². The largest absolute Gasteiger partial charge is 0.463 e. The third-order valence-electron chi connectivity index (χ3n) is 5.05. The Kier molecular flexibility index (Phi) is 9.06. The summed E-state index contributed by atoms with van der Waals surface area (Å²) in [5.41, 5.74) is 0.384. The first-order chi connectivity index (χ1) is 17.9. The van der Waals surface area contributed by atoms with E-state index < -0.39 is 60.4 Å². The Labute approximate surface area is 215 Å². The predicted molar refractivity (Wildman–Crippen MR) is 119 cm³/mol. The fourth-order valence-electron chi connectivity index (χ4n) is 3.65. The van der Waals surface area contributed by atoms with Gasteiger partial charge < -0.3 is 29.0 Å². The molecule has 0 spiro atoms. The molecule has 0 unspecified atom stereocenters. The molecule has 0 bridgehead atoms. The van der Waals surface area contributed by atoms with Crippen LogP contribution in [0.2, 0.25) is 0 Å². The maximum Gasteiger partial charge on any atom is 0.303 e. The van der Waals surface area contributed by atoms with Gasteiger partial charge in [0, 0.05) is 34.7 Å². The number of hydrogen-bond acceptors (Lipinski definition) is 14. The average Bonchev–Trinajstić information content (AvgIpc) is 3.47. The van der Waals surface area contributed by atoms with E-state index in [1.807, 2.05) is 0 Å². The molecule has 2 aromatic rings. The van der Waals surface area contributed by atoms with Crippen molar-refractivity contribution in [1.82, 2.24) is 35.3 Å². The Bertz CT molecular complexity index is 1190. The van der Waals surface area contributed by atoms with Crippen LogP contribution in [0.4, 0.5) is 0 Å². The number of esters is 4. The zero-order chi connectivity index (χ0) is 28.0. The maximum absolute atomic E-state index is 12.3. The second-order valence-electron chi connectivity index (χ2n) is 8.24. The van der Waals surface area contributed by atoms with Gasteiger partial charge in [-0.2, -0.15) is 0 Å². The van der Waals surface area contributed by atoms with Crippen LogP contribution < -0.4 is 5.32 Å². The standard InChI is InChI=1S/C21H27N7O10/c1-10(29)34-9-16-17(35-11(2)30)18(36-12(3)31)19(37-13(4)32)21(38-16)28-7-14(23-26-28)6-22-20(33)15-8-27(5)25-24-15/h7-8,16-19,21H,6,9H2,1-5H3,(H,22,33)/t16-,17-,18+,19-,21-/m1/s1. The Balaban J connectivity index is 1.89. The zero-order valence-corrected chi connectivity index (χ0v) is 21.2. The molecule has 0 radical (unpaired) electrons. The van der Waals surface area contributed by atoms with Crippen LogP contribution in [0.1, 0.15) is 50.1 Å². The lowest BCUT2D eigenvalue weighted by Gasteiger charge is -2.44. The molecule has 2 aromatic heterocycles. The number of ether oxygens (including phenoxy) is 5. The van der Waals surface area contributed by atoms with Crippen LogP contribution in [0, 0.1) is 0 Å². The molecule has 3 heterocycles. The second-order valence-corrected chi connectivity index (χ2v) is 8.24. The summed E-state index contributed by atoms with van der Waals surface area (Å²) in [5.74, 6) is -3.40. The van der Waals surface area contributed by atoms with Crippen molar-refractivity contribution in [2.45, 2.75) is 64.9 Å². The first-order valence-corrected chi connectivity index (χ1v) is 11.3. The third-order valence-corrected chi connectivity index (χ3v) is 5.05. The van der Waals surface area contributed by atoms with Gasteiger partial charge >= 0.3 is 23.9 Å². The van der Waals surface area contributed by atoms with E-state index in [9.17, 15) is 24.0 Å². The van der Waals surface area contributed by atoms with Gasteiger partial charge in [0.15, 0.2) is 30.2 Å². The van der Waals surface area contributed by atoms with E-state index in [0.29, 0.717) is 0 Å². The van der Waals surface area contributed by atoms with Gasteiger partial charge in [-0.3, -0.25) is 28.7 Å². The van der Waals surface area contributed by atoms with Crippen LogP contribution in [0.5, 0.6) is 0 Å². The van der Waals surface area contributed by atoms with Crippen LogP contribution in [0.3, 0.4) is 0 Å². The molecule has 1 saturated heterocycles. The second kappa shape index (κ2) is 12.2. The minimum Gasteiger partial charge on any atom is -0.463 e. The monoisotopic (exact) mass is 537 g/mol. The number of rotatable bonds is 9. The van der Waals surface area contributed by atoms with E-state index >= 15 is 0 Å². The molecule has 1 amide bonds. The predicted octanol–water partition coefficient (Wildman–Crippen LogP) is -1.41. The van der Waals surface area contributed by atoms with Gasteiger partial charge in [-0.1, -0.05) is 10.4 Å². The number of aryl methyl sites for hydroxylation is 1. The van der Waals surface area contributed by atoms with Gasteiger partial charge in [0.1, 0.15) is 18.4 Å². The van der Waals surface area contributed by atoms with Gasteiger partial charge in [-0.15, -0.1) is 10.2 Å². The van der Waals surface area contributed by atoms with E-state index in [4.69, 9.17) is 23.7 Å². The summed E-state index contributed by atoms with van der Waals surface area (Å²) in [6, 6.07) is 0. The van der Waals surface area contributed by atoms with Crippen molar-refractivity contribution < 1.29 is 47.7 Å². The summed E-state index contributed by atoms with van der Waals surface area (Å²) in [7, 11) is 1.61. The maximum atomic E-state index is 12.3. The molecule has 1 aliphatic heterocycles. The SMILES string of the molecule is CC(=O)OC[C@H]1O[C@@H](n2cc(CNC(=O)c3cn(C)nn3)nn2)[C@H](OC(C)=O)[C@@H](OC(C)=O)[C@@H]1OC(C)=O. The van der Waals surface area contributed by atoms with Crippen LogP contribution in [-0.4, -0.2) is 90.8 Å². The Morgan fingerprint density at radius 1 is 0.868 bits per heavy atom. The van der Waals surface area contributed by atoms with Gasteiger partial charge in [0.25, 0.3) is 5.91 Å². The highest BCUT2D eigenvalue weighted by molar-refractivity contribution is 5.91. The molecule has 17 nitrogen and oxygen atoms in total. The molecule has 1 fully saturated rings. The molecule has 0 saturated carbocycles. The molecule has 3 rings (SSSR count). The molecule has 1 N–H and O–H groups in total. The molecular formula is C21H27N7O10. The van der Waals surface area contributed by atoms with Crippen molar-refractivity contribution in [2.75, 3.05) is 6.61 Å². The first kappa shape index (κ1) is 28.2. The average molecular weight is 537 g/mol. The van der Waals surface area contributed by atoms with Crippen LogP contribution in [-0.2, 0) is 56.5 Å². The summed E-state index contributed by atoms with van der Waals surface area (Å²) in [5, 5.41) is 18.0. The molecule has 0 aromatic carbocycles. The Morgan fingerprint density at radius 2 is 1.50 bits per heavy atom. The van der Waals surface area contributed by atoms with Crippen LogP contribution >= 0.6 is 0 Å². The van der Waals surface area contributed by atoms with E-state index in [1.165, 1.54) is 28.7 Å². The lowest BCUT2D eigenvalue weighted by atomic mass is 9.97. The highest BCUT2D eigenvalue weighted by Crippen LogP contribution is 2.34. The summed E-state index contributed by atoms with van der Waals surface area (Å²) < 4.78 is 29.7. The fraction of sp³-hybridized carbons (Fsp3) is 0.571. The normalized spacial score (nSPS) is 22.7. The Morgan fingerprint density at radius 3 is 2.08 bits per heavy atom. The van der Waals surface area contributed by atoms with Gasteiger partial charge in [-0.05, 0) is 0 Å². The number of hydrogen-bond donors (Lipinski definition) is 1. The highest BCUT2D eigenvalue weighted by Gasteiger charge is 2.53. The van der Waals surface area contributed by atoms with Crippen molar-refractivity contribution in [3.63, 3.8) is 0 Å². The molecule has 38 heavy (non-hydrogen) atoms. The minimum absolute atomic E-state index is 0.0549. The van der Waals surface area contributed by atoms with Crippen molar-refractivity contribution >= 4 is 29.8 Å². The number of carbonyl (C=O) groups is 5. The van der Waals surface area contributed by atoms with E-state index in [2.05, 4.69) is 25.9 Å². The van der Waals surface area contributed by atoms with Crippen molar-refractivity contribution in [1.29, 1.82) is 0 Å². The minimum atomic E-state index is -1.36. The summed E-state index contributed by atoms with van der Waals surface area (Å²) in [6.45, 7) is 4.10. The highest BCUT2D eigenvalue weighted by atomic mass is 16.7. The quantitative estimate of drug-likeness (QED) is 0.288. The molecular weight excluding hydrogens is 510 g/mol.